The topological polar surface area (TPSA) is 96.2 Å². The van der Waals surface area contributed by atoms with Gasteiger partial charge in [-0.2, -0.15) is 0 Å². The Balaban J connectivity index is 3.69. The minimum absolute atomic E-state index is 0.0105. The van der Waals surface area contributed by atoms with Gasteiger partial charge in [-0.1, -0.05) is 0 Å². The maximum Gasteiger partial charge on any atom is 0.155 e. The summed E-state index contributed by atoms with van der Waals surface area (Å²) in [4.78, 5) is 10.5. The van der Waals surface area contributed by atoms with Crippen molar-refractivity contribution in [2.75, 3.05) is 26.9 Å². The van der Waals surface area contributed by atoms with Crippen LogP contribution >= 0.6 is 0 Å². The van der Waals surface area contributed by atoms with Crippen LogP contribution in [-0.4, -0.2) is 66.3 Å². The van der Waals surface area contributed by atoms with Crippen molar-refractivity contribution in [3.05, 3.63) is 0 Å². The number of ketones is 1. The van der Waals surface area contributed by atoms with E-state index in [9.17, 15) is 20.1 Å². The molecular weight excluding hydrogens is 216 g/mol. The summed E-state index contributed by atoms with van der Waals surface area (Å²) < 4.78 is 9.56. The highest BCUT2D eigenvalue weighted by Gasteiger charge is 2.24. The Morgan fingerprint density at radius 2 is 1.88 bits per heavy atom. The van der Waals surface area contributed by atoms with Gasteiger partial charge in [0.25, 0.3) is 0 Å². The molecule has 0 radical (unpaired) electrons. The molecule has 0 aromatic rings. The van der Waals surface area contributed by atoms with E-state index < -0.39 is 18.3 Å². The number of carbonyl (C=O) groups excluding carboxylic acids is 1. The van der Waals surface area contributed by atoms with Gasteiger partial charge in [-0.25, -0.2) is 0 Å². The van der Waals surface area contributed by atoms with Gasteiger partial charge in [-0.15, -0.1) is 0 Å². The van der Waals surface area contributed by atoms with Crippen LogP contribution in [-0.2, 0) is 14.3 Å². The minimum Gasteiger partial charge on any atom is -0.390 e. The van der Waals surface area contributed by atoms with E-state index in [-0.39, 0.29) is 32.0 Å². The van der Waals surface area contributed by atoms with Gasteiger partial charge in [0.15, 0.2) is 5.78 Å². The Kier molecular flexibility index (Phi) is 8.32. The lowest BCUT2D eigenvalue weighted by Crippen LogP contribution is -2.40. The summed E-state index contributed by atoms with van der Waals surface area (Å²) in [5.41, 5.74) is 0. The van der Waals surface area contributed by atoms with Crippen LogP contribution in [0, 0.1) is 0 Å². The Morgan fingerprint density at radius 3 is 2.38 bits per heavy atom. The Labute approximate surface area is 94.8 Å². The number of hydrogen-bond donors (Lipinski definition) is 3. The molecule has 16 heavy (non-hydrogen) atoms. The maximum atomic E-state index is 10.5. The average Bonchev–Trinajstić information content (AvgIpc) is 2.23. The van der Waals surface area contributed by atoms with Gasteiger partial charge < -0.3 is 24.8 Å². The Hall–Kier alpha value is -0.530. The van der Waals surface area contributed by atoms with Crippen LogP contribution in [0.1, 0.15) is 13.3 Å². The molecular formula is C10H20O6. The van der Waals surface area contributed by atoms with E-state index in [0.29, 0.717) is 0 Å². The van der Waals surface area contributed by atoms with Gasteiger partial charge in [-0.3, -0.25) is 4.79 Å². The van der Waals surface area contributed by atoms with Gasteiger partial charge in [0.2, 0.25) is 0 Å². The second kappa shape index (κ2) is 8.60. The third-order valence-corrected chi connectivity index (χ3v) is 1.99. The molecule has 3 atom stereocenters. The first-order chi connectivity index (χ1) is 7.49. The Morgan fingerprint density at radius 1 is 1.25 bits per heavy atom. The molecule has 0 fully saturated rings. The molecule has 0 heterocycles. The lowest BCUT2D eigenvalue weighted by Gasteiger charge is -2.22. The summed E-state index contributed by atoms with van der Waals surface area (Å²) in [6.07, 6.45) is -3.36. The molecule has 0 aliphatic carbocycles. The first-order valence-electron chi connectivity index (χ1n) is 5.09. The van der Waals surface area contributed by atoms with E-state index in [4.69, 9.17) is 4.74 Å². The number of methoxy groups -OCH3 is 1. The number of ether oxygens (including phenoxy) is 2. The lowest BCUT2D eigenvalue weighted by molar-refractivity contribution is -0.122. The molecule has 0 saturated carbocycles. The lowest BCUT2D eigenvalue weighted by atomic mass is 10.1. The van der Waals surface area contributed by atoms with Crippen LogP contribution in [0.25, 0.3) is 0 Å². The van der Waals surface area contributed by atoms with Gasteiger partial charge in [0, 0.05) is 13.7 Å². The van der Waals surface area contributed by atoms with E-state index in [1.807, 2.05) is 0 Å². The van der Waals surface area contributed by atoms with Gasteiger partial charge >= 0.3 is 0 Å². The van der Waals surface area contributed by atoms with Gasteiger partial charge in [0.1, 0.15) is 18.8 Å². The fourth-order valence-electron chi connectivity index (χ4n) is 1.12. The summed E-state index contributed by atoms with van der Waals surface area (Å²) in [6, 6.07) is 0. The molecule has 0 saturated heterocycles. The largest absolute Gasteiger partial charge is 0.390 e. The number of Topliss-reactive ketones (excluding diaryl/α,β-unsaturated/α-hetero) is 1. The van der Waals surface area contributed by atoms with Crippen molar-refractivity contribution in [3.8, 4) is 0 Å². The van der Waals surface area contributed by atoms with Crippen LogP contribution < -0.4 is 0 Å². The second-order valence-corrected chi connectivity index (χ2v) is 3.62. The third kappa shape index (κ3) is 6.86. The number of aliphatic hydroxyl groups excluding tert-OH is 3. The summed E-state index contributed by atoms with van der Waals surface area (Å²) in [5.74, 6) is -0.102. The van der Waals surface area contributed by atoms with Crippen molar-refractivity contribution in [1.29, 1.82) is 0 Å². The predicted molar refractivity (Wildman–Crippen MR) is 56.0 cm³/mol. The zero-order valence-corrected chi connectivity index (χ0v) is 9.63. The van der Waals surface area contributed by atoms with Crippen molar-refractivity contribution in [3.63, 3.8) is 0 Å². The van der Waals surface area contributed by atoms with Crippen LogP contribution in [0.5, 0.6) is 0 Å². The molecule has 0 aromatic heterocycles. The molecule has 6 heteroatoms. The zero-order chi connectivity index (χ0) is 12.6. The molecule has 6 nitrogen and oxygen atoms in total. The van der Waals surface area contributed by atoms with Gasteiger partial charge in [-0.05, 0) is 13.3 Å². The van der Waals surface area contributed by atoms with Crippen LogP contribution in [0.15, 0.2) is 0 Å². The first kappa shape index (κ1) is 15.5. The fourth-order valence-corrected chi connectivity index (χ4v) is 1.12. The second-order valence-electron chi connectivity index (χ2n) is 3.62. The number of hydrogen-bond acceptors (Lipinski definition) is 6. The molecule has 1 unspecified atom stereocenters. The van der Waals surface area contributed by atoms with Crippen molar-refractivity contribution < 1.29 is 29.6 Å². The number of rotatable bonds is 9. The maximum absolute atomic E-state index is 10.5. The smallest absolute Gasteiger partial charge is 0.155 e. The molecule has 0 aliphatic rings. The molecule has 0 amide bonds. The van der Waals surface area contributed by atoms with Crippen molar-refractivity contribution in [2.24, 2.45) is 0 Å². The van der Waals surface area contributed by atoms with Gasteiger partial charge in [0.05, 0.1) is 12.7 Å². The third-order valence-electron chi connectivity index (χ3n) is 1.99. The fraction of sp³-hybridized carbons (Fsp3) is 0.900. The highest BCUT2D eigenvalue weighted by molar-refractivity contribution is 5.76. The molecule has 96 valence electrons. The summed E-state index contributed by atoms with van der Waals surface area (Å²) in [5, 5.41) is 28.2. The molecule has 3 N–H and O–H groups in total. The molecule has 0 rings (SSSR count). The Bertz CT molecular complexity index is 196. The monoisotopic (exact) mass is 236 g/mol. The summed E-state index contributed by atoms with van der Waals surface area (Å²) in [6.45, 7) is 1.49. The van der Waals surface area contributed by atoms with Crippen molar-refractivity contribution >= 4 is 5.78 Å². The predicted octanol–water partition coefficient (Wildman–Crippen LogP) is -1.29. The summed E-state index contributed by atoms with van der Waals surface area (Å²) >= 11 is 0. The minimum atomic E-state index is -1.28. The van der Waals surface area contributed by atoms with E-state index >= 15 is 0 Å². The SMILES string of the molecule is COC[C@@H](O)C(O)[C@H](O)CCOCC(C)=O. The van der Waals surface area contributed by atoms with Crippen LogP contribution in [0.3, 0.4) is 0 Å². The highest BCUT2D eigenvalue weighted by atomic mass is 16.5. The standard InChI is InChI=1S/C10H20O6/c1-7(11)5-16-4-3-8(12)10(14)9(13)6-15-2/h8-10,12-14H,3-6H2,1-2H3/t8-,9-,10?/m1/s1. The molecule has 0 bridgehead atoms. The average molecular weight is 236 g/mol. The molecule has 0 aromatic carbocycles. The van der Waals surface area contributed by atoms with Crippen LogP contribution in [0.4, 0.5) is 0 Å². The van der Waals surface area contributed by atoms with Crippen molar-refractivity contribution in [2.45, 2.75) is 31.7 Å². The number of aliphatic hydroxyl groups is 3. The van der Waals surface area contributed by atoms with E-state index in [2.05, 4.69) is 4.74 Å². The number of carbonyl (C=O) groups is 1. The van der Waals surface area contributed by atoms with E-state index in [1.54, 1.807) is 0 Å². The molecule has 0 aliphatic heterocycles. The highest BCUT2D eigenvalue weighted by Crippen LogP contribution is 2.05. The van der Waals surface area contributed by atoms with Crippen LogP contribution in [0.2, 0.25) is 0 Å². The zero-order valence-electron chi connectivity index (χ0n) is 9.63. The normalized spacial score (nSPS) is 16.8. The van der Waals surface area contributed by atoms with E-state index in [0.717, 1.165) is 0 Å². The van der Waals surface area contributed by atoms with E-state index in [1.165, 1.54) is 14.0 Å². The summed E-state index contributed by atoms with van der Waals surface area (Å²) in [7, 11) is 1.39. The first-order valence-corrected chi connectivity index (χ1v) is 5.09. The van der Waals surface area contributed by atoms with Crippen molar-refractivity contribution in [1.82, 2.24) is 0 Å². The quantitative estimate of drug-likeness (QED) is 0.431. The molecule has 0 spiro atoms.